The molecule has 1 saturated heterocycles. The number of ether oxygens (including phenoxy) is 1. The van der Waals surface area contributed by atoms with E-state index in [0.717, 1.165) is 12.0 Å². The van der Waals surface area contributed by atoms with E-state index in [1.165, 1.54) is 0 Å². The smallest absolute Gasteiger partial charge is 0.138 e. The van der Waals surface area contributed by atoms with E-state index in [2.05, 4.69) is 6.92 Å². The molecule has 0 spiro atoms. The molecule has 0 radical (unpaired) electrons. The standard InChI is InChI=1S/C13H16O2/c1-2-13(10-12(14)8-9-15-13)11-6-4-3-5-7-11/h3-7H,2,8-10H2,1H3. The molecule has 80 valence electrons. The summed E-state index contributed by atoms with van der Waals surface area (Å²) in [5.41, 5.74) is 0.761. The van der Waals surface area contributed by atoms with E-state index in [9.17, 15) is 4.79 Å². The number of ketones is 1. The quantitative estimate of drug-likeness (QED) is 0.740. The first-order valence-corrected chi connectivity index (χ1v) is 5.48. The van der Waals surface area contributed by atoms with Crippen molar-refractivity contribution in [3.8, 4) is 0 Å². The van der Waals surface area contributed by atoms with Gasteiger partial charge in [0.1, 0.15) is 5.78 Å². The number of hydrogen-bond acceptors (Lipinski definition) is 2. The Balaban J connectivity index is 2.32. The fourth-order valence-corrected chi connectivity index (χ4v) is 2.18. The molecular weight excluding hydrogens is 188 g/mol. The molecule has 2 heteroatoms. The van der Waals surface area contributed by atoms with Gasteiger partial charge in [-0.25, -0.2) is 0 Å². The van der Waals surface area contributed by atoms with Crippen LogP contribution in [0.4, 0.5) is 0 Å². The van der Waals surface area contributed by atoms with Crippen LogP contribution in [0.3, 0.4) is 0 Å². The van der Waals surface area contributed by atoms with Crippen molar-refractivity contribution in [1.82, 2.24) is 0 Å². The van der Waals surface area contributed by atoms with Gasteiger partial charge in [-0.3, -0.25) is 4.79 Å². The van der Waals surface area contributed by atoms with Crippen molar-refractivity contribution in [2.24, 2.45) is 0 Å². The Bertz CT molecular complexity index is 345. The number of benzene rings is 1. The summed E-state index contributed by atoms with van der Waals surface area (Å²) in [5.74, 6) is 0.312. The Kier molecular flexibility index (Phi) is 2.87. The van der Waals surface area contributed by atoms with Gasteiger partial charge in [0, 0.05) is 12.8 Å². The Labute approximate surface area is 90.3 Å². The zero-order chi connectivity index (χ0) is 10.7. The van der Waals surface area contributed by atoms with Gasteiger partial charge in [0.05, 0.1) is 12.2 Å². The van der Waals surface area contributed by atoms with Gasteiger partial charge in [0.25, 0.3) is 0 Å². The topological polar surface area (TPSA) is 26.3 Å². The molecule has 1 fully saturated rings. The lowest BCUT2D eigenvalue weighted by Crippen LogP contribution is -2.37. The molecule has 2 rings (SSSR count). The number of rotatable bonds is 2. The Morgan fingerprint density at radius 2 is 2.07 bits per heavy atom. The molecule has 1 unspecified atom stereocenters. The number of carbonyl (C=O) groups excluding carboxylic acids is 1. The first-order valence-electron chi connectivity index (χ1n) is 5.48. The minimum Gasteiger partial charge on any atom is -0.369 e. The normalized spacial score (nSPS) is 26.6. The second kappa shape index (κ2) is 4.15. The summed E-state index contributed by atoms with van der Waals surface area (Å²) in [5, 5.41) is 0. The van der Waals surface area contributed by atoms with Gasteiger partial charge < -0.3 is 4.74 Å². The fourth-order valence-electron chi connectivity index (χ4n) is 2.18. The first kappa shape index (κ1) is 10.4. The molecule has 0 aliphatic carbocycles. The molecular formula is C13H16O2. The summed E-state index contributed by atoms with van der Waals surface area (Å²) in [6.07, 6.45) is 1.94. The lowest BCUT2D eigenvalue weighted by atomic mass is 9.84. The largest absolute Gasteiger partial charge is 0.369 e. The van der Waals surface area contributed by atoms with Crippen molar-refractivity contribution in [2.45, 2.75) is 31.8 Å². The highest BCUT2D eigenvalue weighted by molar-refractivity contribution is 5.80. The molecule has 0 bridgehead atoms. The van der Waals surface area contributed by atoms with Crippen LogP contribution in [-0.2, 0) is 15.1 Å². The van der Waals surface area contributed by atoms with E-state index in [1.54, 1.807) is 0 Å². The summed E-state index contributed by atoms with van der Waals surface area (Å²) >= 11 is 0. The Morgan fingerprint density at radius 3 is 2.67 bits per heavy atom. The van der Waals surface area contributed by atoms with Crippen molar-refractivity contribution >= 4 is 5.78 Å². The highest BCUT2D eigenvalue weighted by atomic mass is 16.5. The van der Waals surface area contributed by atoms with Crippen molar-refractivity contribution in [3.05, 3.63) is 35.9 Å². The summed E-state index contributed by atoms with van der Waals surface area (Å²) in [4.78, 5) is 11.5. The number of carbonyl (C=O) groups is 1. The summed E-state index contributed by atoms with van der Waals surface area (Å²) in [6, 6.07) is 10.1. The molecule has 0 aromatic heterocycles. The molecule has 1 aromatic rings. The van der Waals surface area contributed by atoms with Gasteiger partial charge in [-0.2, -0.15) is 0 Å². The average molecular weight is 204 g/mol. The summed E-state index contributed by atoms with van der Waals surface area (Å²) in [7, 11) is 0. The minimum absolute atomic E-state index is 0.312. The predicted octanol–water partition coefficient (Wildman–Crippen LogP) is 2.67. The van der Waals surface area contributed by atoms with Crippen LogP contribution in [0.1, 0.15) is 31.7 Å². The van der Waals surface area contributed by atoms with Gasteiger partial charge in [0.15, 0.2) is 0 Å². The number of Topliss-reactive ketones (excluding diaryl/α,β-unsaturated/α-hetero) is 1. The predicted molar refractivity (Wildman–Crippen MR) is 58.6 cm³/mol. The van der Waals surface area contributed by atoms with Crippen LogP contribution in [0, 0.1) is 0 Å². The lowest BCUT2D eigenvalue weighted by molar-refractivity contribution is -0.142. The third-order valence-corrected chi connectivity index (χ3v) is 3.11. The lowest BCUT2D eigenvalue weighted by Gasteiger charge is -2.36. The van der Waals surface area contributed by atoms with Crippen molar-refractivity contribution in [3.63, 3.8) is 0 Å². The van der Waals surface area contributed by atoms with Crippen molar-refractivity contribution in [1.29, 1.82) is 0 Å². The van der Waals surface area contributed by atoms with E-state index in [4.69, 9.17) is 4.74 Å². The summed E-state index contributed by atoms with van der Waals surface area (Å²) in [6.45, 7) is 2.63. The maximum atomic E-state index is 11.5. The first-order chi connectivity index (χ1) is 7.27. The van der Waals surface area contributed by atoms with E-state index < -0.39 is 0 Å². The maximum absolute atomic E-state index is 11.5. The van der Waals surface area contributed by atoms with Gasteiger partial charge in [0.2, 0.25) is 0 Å². The van der Waals surface area contributed by atoms with Crippen LogP contribution in [0.2, 0.25) is 0 Å². The minimum atomic E-state index is -0.364. The molecule has 2 nitrogen and oxygen atoms in total. The molecule has 0 amide bonds. The molecule has 1 aromatic carbocycles. The molecule has 15 heavy (non-hydrogen) atoms. The highest BCUT2D eigenvalue weighted by Gasteiger charge is 2.36. The molecule has 0 saturated carbocycles. The highest BCUT2D eigenvalue weighted by Crippen LogP contribution is 2.36. The van der Waals surface area contributed by atoms with Crippen LogP contribution in [0.15, 0.2) is 30.3 Å². The third kappa shape index (κ3) is 1.95. The van der Waals surface area contributed by atoms with Crippen LogP contribution in [0.25, 0.3) is 0 Å². The van der Waals surface area contributed by atoms with Gasteiger partial charge >= 0.3 is 0 Å². The SMILES string of the molecule is CCC1(c2ccccc2)CC(=O)CCO1. The Hall–Kier alpha value is -1.15. The molecule has 1 atom stereocenters. The Morgan fingerprint density at radius 1 is 1.33 bits per heavy atom. The van der Waals surface area contributed by atoms with E-state index in [-0.39, 0.29) is 5.60 Å². The summed E-state index contributed by atoms with van der Waals surface area (Å²) < 4.78 is 5.85. The maximum Gasteiger partial charge on any atom is 0.138 e. The van der Waals surface area contributed by atoms with Crippen molar-refractivity contribution in [2.75, 3.05) is 6.61 Å². The van der Waals surface area contributed by atoms with Gasteiger partial charge in [-0.15, -0.1) is 0 Å². The van der Waals surface area contributed by atoms with Gasteiger partial charge in [-0.05, 0) is 12.0 Å². The monoisotopic (exact) mass is 204 g/mol. The molecule has 0 N–H and O–H groups in total. The van der Waals surface area contributed by atoms with Crippen LogP contribution < -0.4 is 0 Å². The van der Waals surface area contributed by atoms with Crippen molar-refractivity contribution < 1.29 is 9.53 Å². The molecule has 1 heterocycles. The van der Waals surface area contributed by atoms with Gasteiger partial charge in [-0.1, -0.05) is 37.3 Å². The van der Waals surface area contributed by atoms with E-state index >= 15 is 0 Å². The van der Waals surface area contributed by atoms with E-state index in [0.29, 0.717) is 25.2 Å². The second-order valence-electron chi connectivity index (χ2n) is 4.03. The second-order valence-corrected chi connectivity index (χ2v) is 4.03. The van der Waals surface area contributed by atoms with Crippen LogP contribution in [-0.4, -0.2) is 12.4 Å². The number of hydrogen-bond donors (Lipinski definition) is 0. The van der Waals surface area contributed by atoms with Crippen LogP contribution >= 0.6 is 0 Å². The zero-order valence-corrected chi connectivity index (χ0v) is 9.03. The molecule has 1 aliphatic rings. The fraction of sp³-hybridized carbons (Fsp3) is 0.462. The van der Waals surface area contributed by atoms with E-state index in [1.807, 2.05) is 30.3 Å². The average Bonchev–Trinajstić information content (AvgIpc) is 2.30. The van der Waals surface area contributed by atoms with Crippen LogP contribution in [0.5, 0.6) is 0 Å². The molecule has 1 aliphatic heterocycles. The zero-order valence-electron chi connectivity index (χ0n) is 9.03. The third-order valence-electron chi connectivity index (χ3n) is 3.11.